The summed E-state index contributed by atoms with van der Waals surface area (Å²) in [5, 5.41) is 0. The predicted molar refractivity (Wildman–Crippen MR) is 59.4 cm³/mol. The maximum atomic E-state index is 2.37. The monoisotopic (exact) mass is 172 g/mol. The Balaban J connectivity index is 0. The van der Waals surface area contributed by atoms with E-state index in [1.807, 2.05) is 13.8 Å². The zero-order valence-electron chi connectivity index (χ0n) is 10.4. The first-order valence-corrected chi connectivity index (χ1v) is 5.42. The van der Waals surface area contributed by atoms with E-state index in [9.17, 15) is 0 Å². The van der Waals surface area contributed by atoms with E-state index in [1.54, 1.807) is 0 Å². The lowest BCUT2D eigenvalue weighted by Crippen LogP contribution is -2.27. The standard InChI is InChI=1S/C10H22.C2H6/c1-7-9(4)10(5,6)8(2)3;1-2/h8-9H,7H2,1-6H3;1-2H3. The highest BCUT2D eigenvalue weighted by Crippen LogP contribution is 2.36. The van der Waals surface area contributed by atoms with Gasteiger partial charge in [-0.05, 0) is 17.3 Å². The zero-order chi connectivity index (χ0) is 10.4. The molecule has 0 heteroatoms. The molecule has 0 N–H and O–H groups in total. The second-order valence-electron chi connectivity index (χ2n) is 4.29. The van der Waals surface area contributed by atoms with Crippen LogP contribution in [-0.4, -0.2) is 0 Å². The Morgan fingerprint density at radius 3 is 1.42 bits per heavy atom. The van der Waals surface area contributed by atoms with E-state index in [2.05, 4.69) is 41.5 Å². The van der Waals surface area contributed by atoms with Gasteiger partial charge in [-0.15, -0.1) is 0 Å². The average Bonchev–Trinajstić information content (AvgIpc) is 2.06. The Labute approximate surface area is 79.8 Å². The molecule has 0 radical (unpaired) electrons. The third-order valence-corrected chi connectivity index (χ3v) is 3.37. The number of hydrogen-bond donors (Lipinski definition) is 0. The van der Waals surface area contributed by atoms with Gasteiger partial charge in [0.2, 0.25) is 0 Å². The quantitative estimate of drug-likeness (QED) is 0.577. The molecular weight excluding hydrogens is 144 g/mol. The third-order valence-electron chi connectivity index (χ3n) is 3.37. The summed E-state index contributed by atoms with van der Waals surface area (Å²) in [6.45, 7) is 18.0. The molecule has 0 rings (SSSR count). The van der Waals surface area contributed by atoms with Crippen molar-refractivity contribution in [3.63, 3.8) is 0 Å². The van der Waals surface area contributed by atoms with Crippen LogP contribution >= 0.6 is 0 Å². The molecule has 0 aromatic heterocycles. The summed E-state index contributed by atoms with van der Waals surface area (Å²) in [7, 11) is 0. The van der Waals surface area contributed by atoms with Crippen molar-refractivity contribution in [3.8, 4) is 0 Å². The average molecular weight is 172 g/mol. The van der Waals surface area contributed by atoms with Gasteiger partial charge in [0.15, 0.2) is 0 Å². The van der Waals surface area contributed by atoms with Gasteiger partial charge in [0.05, 0.1) is 0 Å². The Hall–Kier alpha value is 0. The molecule has 0 heterocycles. The Morgan fingerprint density at radius 1 is 1.00 bits per heavy atom. The van der Waals surface area contributed by atoms with Crippen LogP contribution in [-0.2, 0) is 0 Å². The predicted octanol–water partition coefficient (Wildman–Crippen LogP) is 4.74. The summed E-state index contributed by atoms with van der Waals surface area (Å²) in [6, 6.07) is 0. The molecule has 1 atom stereocenters. The molecule has 0 saturated carbocycles. The largest absolute Gasteiger partial charge is 0.0683 e. The normalized spacial score (nSPS) is 13.8. The molecular formula is C12H28. The fourth-order valence-corrected chi connectivity index (χ4v) is 1.10. The van der Waals surface area contributed by atoms with E-state index in [1.165, 1.54) is 6.42 Å². The maximum absolute atomic E-state index is 2.37. The lowest BCUT2D eigenvalue weighted by atomic mass is 9.71. The molecule has 0 fully saturated rings. The first kappa shape index (κ1) is 14.5. The molecule has 0 spiro atoms. The van der Waals surface area contributed by atoms with Gasteiger partial charge in [0.25, 0.3) is 0 Å². The van der Waals surface area contributed by atoms with E-state index in [0.29, 0.717) is 5.41 Å². The Kier molecular flexibility index (Phi) is 7.88. The molecule has 0 bridgehead atoms. The highest BCUT2D eigenvalue weighted by atomic mass is 14.3. The van der Waals surface area contributed by atoms with Gasteiger partial charge >= 0.3 is 0 Å². The van der Waals surface area contributed by atoms with Gasteiger partial charge in [-0.1, -0.05) is 61.8 Å². The molecule has 0 aliphatic rings. The van der Waals surface area contributed by atoms with E-state index >= 15 is 0 Å². The Morgan fingerprint density at radius 2 is 1.33 bits per heavy atom. The van der Waals surface area contributed by atoms with Crippen molar-refractivity contribution in [1.29, 1.82) is 0 Å². The maximum Gasteiger partial charge on any atom is -0.0306 e. The van der Waals surface area contributed by atoms with Crippen molar-refractivity contribution in [1.82, 2.24) is 0 Å². The van der Waals surface area contributed by atoms with Gasteiger partial charge in [0, 0.05) is 0 Å². The van der Waals surface area contributed by atoms with Crippen LogP contribution in [0, 0.1) is 17.3 Å². The molecule has 1 unspecified atom stereocenters. The molecule has 0 amide bonds. The summed E-state index contributed by atoms with van der Waals surface area (Å²) in [6.07, 6.45) is 1.30. The lowest BCUT2D eigenvalue weighted by molar-refractivity contribution is 0.147. The second kappa shape index (κ2) is 6.51. The second-order valence-corrected chi connectivity index (χ2v) is 4.29. The SMILES string of the molecule is CC.CCC(C)C(C)(C)C(C)C. The van der Waals surface area contributed by atoms with E-state index in [0.717, 1.165) is 11.8 Å². The van der Waals surface area contributed by atoms with E-state index in [4.69, 9.17) is 0 Å². The van der Waals surface area contributed by atoms with Crippen molar-refractivity contribution < 1.29 is 0 Å². The fraction of sp³-hybridized carbons (Fsp3) is 1.00. The van der Waals surface area contributed by atoms with Crippen molar-refractivity contribution in [2.75, 3.05) is 0 Å². The van der Waals surface area contributed by atoms with E-state index in [-0.39, 0.29) is 0 Å². The first-order chi connectivity index (χ1) is 5.42. The van der Waals surface area contributed by atoms with Crippen LogP contribution in [0.1, 0.15) is 61.8 Å². The Bertz CT molecular complexity index is 90.2. The summed E-state index contributed by atoms with van der Waals surface area (Å²) in [4.78, 5) is 0. The van der Waals surface area contributed by atoms with Crippen molar-refractivity contribution in [2.45, 2.75) is 61.8 Å². The van der Waals surface area contributed by atoms with Crippen molar-refractivity contribution >= 4 is 0 Å². The smallest absolute Gasteiger partial charge is 0.0306 e. The van der Waals surface area contributed by atoms with Crippen LogP contribution in [0.4, 0.5) is 0 Å². The van der Waals surface area contributed by atoms with Crippen LogP contribution in [0.2, 0.25) is 0 Å². The number of rotatable bonds is 3. The summed E-state index contributed by atoms with van der Waals surface area (Å²) in [5.74, 6) is 1.63. The molecule has 0 aliphatic heterocycles. The third kappa shape index (κ3) is 4.13. The van der Waals surface area contributed by atoms with Crippen LogP contribution in [0.15, 0.2) is 0 Å². The molecule has 12 heavy (non-hydrogen) atoms. The van der Waals surface area contributed by atoms with Crippen LogP contribution < -0.4 is 0 Å². The van der Waals surface area contributed by atoms with Gasteiger partial charge in [0.1, 0.15) is 0 Å². The van der Waals surface area contributed by atoms with Gasteiger partial charge < -0.3 is 0 Å². The van der Waals surface area contributed by atoms with Gasteiger partial charge in [-0.25, -0.2) is 0 Å². The van der Waals surface area contributed by atoms with Crippen LogP contribution in [0.25, 0.3) is 0 Å². The molecule has 76 valence electrons. The minimum atomic E-state index is 0.509. The minimum Gasteiger partial charge on any atom is -0.0683 e. The molecule has 0 nitrogen and oxygen atoms in total. The van der Waals surface area contributed by atoms with Crippen molar-refractivity contribution in [3.05, 3.63) is 0 Å². The van der Waals surface area contributed by atoms with Crippen molar-refractivity contribution in [2.24, 2.45) is 17.3 Å². The number of hydrogen-bond acceptors (Lipinski definition) is 0. The molecule has 0 aliphatic carbocycles. The first-order valence-electron chi connectivity index (χ1n) is 5.42. The lowest BCUT2D eigenvalue weighted by Gasteiger charge is -2.35. The summed E-state index contributed by atoms with van der Waals surface area (Å²) < 4.78 is 0. The van der Waals surface area contributed by atoms with E-state index < -0.39 is 0 Å². The molecule has 0 saturated heterocycles. The zero-order valence-corrected chi connectivity index (χ0v) is 10.4. The minimum absolute atomic E-state index is 0.509. The highest BCUT2D eigenvalue weighted by molar-refractivity contribution is 4.77. The van der Waals surface area contributed by atoms with Crippen LogP contribution in [0.5, 0.6) is 0 Å². The summed E-state index contributed by atoms with van der Waals surface area (Å²) in [5.41, 5.74) is 0.509. The van der Waals surface area contributed by atoms with Crippen LogP contribution in [0.3, 0.4) is 0 Å². The molecule has 0 aromatic rings. The van der Waals surface area contributed by atoms with Gasteiger partial charge in [-0.2, -0.15) is 0 Å². The topological polar surface area (TPSA) is 0 Å². The highest BCUT2D eigenvalue weighted by Gasteiger charge is 2.27. The summed E-state index contributed by atoms with van der Waals surface area (Å²) >= 11 is 0. The van der Waals surface area contributed by atoms with Gasteiger partial charge in [-0.3, -0.25) is 0 Å². The fourth-order valence-electron chi connectivity index (χ4n) is 1.10. The molecule has 0 aromatic carbocycles.